The molecule has 0 saturated carbocycles. The number of rotatable bonds is 4. The Morgan fingerprint density at radius 1 is 1.25 bits per heavy atom. The molecule has 0 aliphatic heterocycles. The van der Waals surface area contributed by atoms with Gasteiger partial charge in [0.25, 0.3) is 0 Å². The van der Waals surface area contributed by atoms with Crippen LogP contribution in [0.1, 0.15) is 11.3 Å². The Morgan fingerprint density at radius 2 is 2.00 bits per heavy atom. The molecular weight excluding hydrogens is 222 g/mol. The molecule has 0 spiro atoms. The molecule has 2 aromatic rings. The van der Waals surface area contributed by atoms with Crippen LogP contribution in [-0.2, 0) is 13.0 Å². The van der Waals surface area contributed by atoms with Crippen LogP contribution in [0.3, 0.4) is 0 Å². The minimum atomic E-state index is 0.645. The maximum absolute atomic E-state index is 5.84. The van der Waals surface area contributed by atoms with E-state index in [1.165, 1.54) is 5.56 Å². The zero-order valence-corrected chi connectivity index (χ0v) is 9.69. The monoisotopic (exact) mass is 235 g/mol. The van der Waals surface area contributed by atoms with Gasteiger partial charge in [-0.15, -0.1) is 0 Å². The summed E-state index contributed by atoms with van der Waals surface area (Å²) in [5.41, 5.74) is 7.92. The van der Waals surface area contributed by atoms with Crippen LogP contribution in [0, 0.1) is 0 Å². The van der Waals surface area contributed by atoms with Crippen LogP contribution < -0.4 is 5.73 Å². The van der Waals surface area contributed by atoms with Gasteiger partial charge in [0.2, 0.25) is 0 Å². The molecule has 1 aromatic carbocycles. The maximum atomic E-state index is 5.84. The lowest BCUT2D eigenvalue weighted by Gasteiger charge is -2.07. The molecule has 1 aromatic heterocycles. The lowest BCUT2D eigenvalue weighted by molar-refractivity contribution is 0.733. The SMILES string of the molecule is NCCc1cncn1Cc1ccc(Cl)cc1. The molecule has 0 radical (unpaired) electrons. The molecular formula is C12H14ClN3. The minimum Gasteiger partial charge on any atom is -0.330 e. The smallest absolute Gasteiger partial charge is 0.0951 e. The van der Waals surface area contributed by atoms with Crippen LogP contribution >= 0.6 is 11.6 Å². The molecule has 2 rings (SSSR count). The molecule has 0 fully saturated rings. The molecule has 1 heterocycles. The lowest BCUT2D eigenvalue weighted by atomic mass is 10.2. The van der Waals surface area contributed by atoms with Crippen molar-refractivity contribution in [2.45, 2.75) is 13.0 Å². The van der Waals surface area contributed by atoms with Crippen molar-refractivity contribution < 1.29 is 0 Å². The second-order valence-electron chi connectivity index (χ2n) is 3.68. The summed E-state index contributed by atoms with van der Waals surface area (Å²) >= 11 is 5.84. The average Bonchev–Trinajstić information content (AvgIpc) is 2.70. The molecule has 16 heavy (non-hydrogen) atoms. The van der Waals surface area contributed by atoms with Crippen LogP contribution in [0.4, 0.5) is 0 Å². The van der Waals surface area contributed by atoms with Crippen molar-refractivity contribution in [3.05, 3.63) is 53.1 Å². The van der Waals surface area contributed by atoms with Crippen molar-refractivity contribution in [3.8, 4) is 0 Å². The third-order valence-corrected chi connectivity index (χ3v) is 2.72. The summed E-state index contributed by atoms with van der Waals surface area (Å²) in [5.74, 6) is 0. The van der Waals surface area contributed by atoms with E-state index < -0.39 is 0 Å². The van der Waals surface area contributed by atoms with Gasteiger partial charge in [0.15, 0.2) is 0 Å². The molecule has 0 unspecified atom stereocenters. The van der Waals surface area contributed by atoms with Gasteiger partial charge in [0.05, 0.1) is 6.33 Å². The molecule has 4 heteroatoms. The maximum Gasteiger partial charge on any atom is 0.0951 e. The number of nitrogens with two attached hydrogens (primary N) is 1. The third-order valence-electron chi connectivity index (χ3n) is 2.47. The molecule has 0 bridgehead atoms. The molecule has 2 N–H and O–H groups in total. The van der Waals surface area contributed by atoms with Gasteiger partial charge in [-0.25, -0.2) is 4.98 Å². The number of hydrogen-bond acceptors (Lipinski definition) is 2. The summed E-state index contributed by atoms with van der Waals surface area (Å²) in [5, 5.41) is 0.761. The molecule has 0 saturated heterocycles. The minimum absolute atomic E-state index is 0.645. The summed E-state index contributed by atoms with van der Waals surface area (Å²) in [7, 11) is 0. The fourth-order valence-electron chi connectivity index (χ4n) is 1.63. The van der Waals surface area contributed by atoms with Gasteiger partial charge >= 0.3 is 0 Å². The van der Waals surface area contributed by atoms with Gasteiger partial charge in [-0.2, -0.15) is 0 Å². The van der Waals surface area contributed by atoms with Crippen molar-refractivity contribution in [2.24, 2.45) is 5.73 Å². The highest BCUT2D eigenvalue weighted by atomic mass is 35.5. The summed E-state index contributed by atoms with van der Waals surface area (Å²) < 4.78 is 2.11. The van der Waals surface area contributed by atoms with E-state index in [1.807, 2.05) is 36.8 Å². The Kier molecular flexibility index (Phi) is 3.59. The first-order valence-electron chi connectivity index (χ1n) is 5.23. The number of aromatic nitrogens is 2. The first-order valence-corrected chi connectivity index (χ1v) is 5.61. The highest BCUT2D eigenvalue weighted by Crippen LogP contribution is 2.11. The number of nitrogens with zero attached hydrogens (tertiary/aromatic N) is 2. The standard InChI is InChI=1S/C12H14ClN3/c13-11-3-1-10(2-4-11)8-16-9-15-7-12(16)5-6-14/h1-4,7,9H,5-6,8,14H2. The normalized spacial score (nSPS) is 10.6. The number of imidazole rings is 1. The van der Waals surface area contributed by atoms with Crippen molar-refractivity contribution >= 4 is 11.6 Å². The second-order valence-corrected chi connectivity index (χ2v) is 4.11. The van der Waals surface area contributed by atoms with Crippen molar-refractivity contribution in [1.82, 2.24) is 9.55 Å². The van der Waals surface area contributed by atoms with Crippen molar-refractivity contribution in [1.29, 1.82) is 0 Å². The van der Waals surface area contributed by atoms with Gasteiger partial charge in [0, 0.05) is 29.9 Å². The van der Waals surface area contributed by atoms with Crippen LogP contribution in [0.2, 0.25) is 5.02 Å². The number of benzene rings is 1. The van der Waals surface area contributed by atoms with E-state index in [0.29, 0.717) is 6.54 Å². The van der Waals surface area contributed by atoms with E-state index in [2.05, 4.69) is 9.55 Å². The Morgan fingerprint density at radius 3 is 2.69 bits per heavy atom. The van der Waals surface area contributed by atoms with Crippen LogP contribution in [0.25, 0.3) is 0 Å². The fraction of sp³-hybridized carbons (Fsp3) is 0.250. The number of hydrogen-bond donors (Lipinski definition) is 1. The van der Waals surface area contributed by atoms with Gasteiger partial charge in [-0.1, -0.05) is 23.7 Å². The highest BCUT2D eigenvalue weighted by molar-refractivity contribution is 6.30. The van der Waals surface area contributed by atoms with Gasteiger partial charge < -0.3 is 10.3 Å². The fourth-order valence-corrected chi connectivity index (χ4v) is 1.76. The third kappa shape index (κ3) is 2.62. The van der Waals surface area contributed by atoms with E-state index in [-0.39, 0.29) is 0 Å². The van der Waals surface area contributed by atoms with Crippen molar-refractivity contribution in [2.75, 3.05) is 6.54 Å². The van der Waals surface area contributed by atoms with Crippen LogP contribution in [0.15, 0.2) is 36.8 Å². The van der Waals surface area contributed by atoms with E-state index in [1.54, 1.807) is 0 Å². The molecule has 84 valence electrons. The van der Waals surface area contributed by atoms with E-state index in [4.69, 9.17) is 17.3 Å². The highest BCUT2D eigenvalue weighted by Gasteiger charge is 2.01. The van der Waals surface area contributed by atoms with E-state index >= 15 is 0 Å². The first-order chi connectivity index (χ1) is 7.79. The predicted octanol–water partition coefficient (Wildman–Crippen LogP) is 2.09. The summed E-state index contributed by atoms with van der Waals surface area (Å²) in [4.78, 5) is 4.14. The molecule has 0 aliphatic rings. The molecule has 0 atom stereocenters. The molecule has 0 amide bonds. The van der Waals surface area contributed by atoms with Crippen LogP contribution in [0.5, 0.6) is 0 Å². The molecule has 3 nitrogen and oxygen atoms in total. The van der Waals surface area contributed by atoms with Crippen molar-refractivity contribution in [3.63, 3.8) is 0 Å². The van der Waals surface area contributed by atoms with E-state index in [0.717, 1.165) is 23.7 Å². The zero-order valence-electron chi connectivity index (χ0n) is 8.94. The Hall–Kier alpha value is -1.32. The topological polar surface area (TPSA) is 43.8 Å². The van der Waals surface area contributed by atoms with Gasteiger partial charge in [0.1, 0.15) is 0 Å². The first kappa shape index (κ1) is 11.2. The Bertz CT molecular complexity index is 448. The summed E-state index contributed by atoms with van der Waals surface area (Å²) in [6.07, 6.45) is 4.55. The van der Waals surface area contributed by atoms with E-state index in [9.17, 15) is 0 Å². The quantitative estimate of drug-likeness (QED) is 0.882. The Labute approximate surface area is 99.9 Å². The summed E-state index contributed by atoms with van der Waals surface area (Å²) in [6, 6.07) is 7.84. The predicted molar refractivity (Wildman–Crippen MR) is 65.5 cm³/mol. The number of halogens is 1. The second kappa shape index (κ2) is 5.14. The van der Waals surface area contributed by atoms with Gasteiger partial charge in [-0.3, -0.25) is 0 Å². The van der Waals surface area contributed by atoms with Gasteiger partial charge in [-0.05, 0) is 24.2 Å². The van der Waals surface area contributed by atoms with Crippen LogP contribution in [-0.4, -0.2) is 16.1 Å². The zero-order chi connectivity index (χ0) is 11.4. The average molecular weight is 236 g/mol. The summed E-state index contributed by atoms with van der Waals surface area (Å²) in [6.45, 7) is 1.46. The Balaban J connectivity index is 2.13. The lowest BCUT2D eigenvalue weighted by Crippen LogP contribution is -2.09. The molecule has 0 aliphatic carbocycles. The largest absolute Gasteiger partial charge is 0.330 e.